The van der Waals surface area contributed by atoms with Crippen molar-refractivity contribution in [3.8, 4) is 0 Å². The van der Waals surface area contributed by atoms with E-state index in [0.717, 1.165) is 5.69 Å². The third-order valence-corrected chi connectivity index (χ3v) is 4.80. The summed E-state index contributed by atoms with van der Waals surface area (Å²) in [5.74, 6) is 1.24. The molecule has 1 aliphatic rings. The maximum Gasteiger partial charge on any atom is 0.251 e. The number of hydrogen-bond donors (Lipinski definition) is 2. The molecule has 0 heterocycles. The molecule has 2 unspecified atom stereocenters. The summed E-state index contributed by atoms with van der Waals surface area (Å²) in [6.07, 6.45) is 5.01. The number of benzene rings is 1. The van der Waals surface area contributed by atoms with Gasteiger partial charge in [0.2, 0.25) is 0 Å². The van der Waals surface area contributed by atoms with E-state index in [9.17, 15) is 4.79 Å². The SMILES string of the molecule is CNC(=O)c1ccc(Cl)c(NC2CCCCC2C(C)C)c1. The van der Waals surface area contributed by atoms with Crippen molar-refractivity contribution < 1.29 is 4.79 Å². The third-order valence-electron chi connectivity index (χ3n) is 4.47. The van der Waals surface area contributed by atoms with E-state index in [1.54, 1.807) is 19.2 Å². The molecule has 1 aromatic rings. The molecule has 21 heavy (non-hydrogen) atoms. The fraction of sp³-hybridized carbons (Fsp3) is 0.588. The molecule has 0 aromatic heterocycles. The molecule has 1 aliphatic carbocycles. The lowest BCUT2D eigenvalue weighted by molar-refractivity contribution is 0.0963. The maximum absolute atomic E-state index is 11.8. The van der Waals surface area contributed by atoms with Gasteiger partial charge in [0.05, 0.1) is 10.7 Å². The van der Waals surface area contributed by atoms with Crippen LogP contribution in [0.5, 0.6) is 0 Å². The first-order valence-corrected chi connectivity index (χ1v) is 8.19. The van der Waals surface area contributed by atoms with Gasteiger partial charge in [0.15, 0.2) is 0 Å². The summed E-state index contributed by atoms with van der Waals surface area (Å²) < 4.78 is 0. The van der Waals surface area contributed by atoms with Crippen molar-refractivity contribution >= 4 is 23.2 Å². The van der Waals surface area contributed by atoms with Crippen molar-refractivity contribution in [1.29, 1.82) is 0 Å². The predicted molar refractivity (Wildman–Crippen MR) is 89.0 cm³/mol. The first kappa shape index (κ1) is 16.2. The minimum absolute atomic E-state index is 0.0845. The van der Waals surface area contributed by atoms with E-state index < -0.39 is 0 Å². The lowest BCUT2D eigenvalue weighted by Gasteiger charge is -2.35. The second-order valence-corrected chi connectivity index (χ2v) is 6.62. The average molecular weight is 309 g/mol. The highest BCUT2D eigenvalue weighted by Gasteiger charge is 2.27. The van der Waals surface area contributed by atoms with Crippen LogP contribution in [-0.2, 0) is 0 Å². The van der Waals surface area contributed by atoms with E-state index in [-0.39, 0.29) is 5.91 Å². The van der Waals surface area contributed by atoms with Gasteiger partial charge in [0, 0.05) is 18.7 Å². The normalized spacial score (nSPS) is 22.1. The Kier molecular flexibility index (Phi) is 5.51. The molecule has 1 aromatic carbocycles. The molecular formula is C17H25ClN2O. The molecule has 1 fully saturated rings. The van der Waals surface area contributed by atoms with E-state index in [0.29, 0.717) is 28.5 Å². The highest BCUT2D eigenvalue weighted by molar-refractivity contribution is 6.33. The Morgan fingerprint density at radius 3 is 2.67 bits per heavy atom. The van der Waals surface area contributed by atoms with Crippen LogP contribution in [-0.4, -0.2) is 19.0 Å². The molecule has 0 spiro atoms. The summed E-state index contributed by atoms with van der Waals surface area (Å²) in [7, 11) is 1.64. The van der Waals surface area contributed by atoms with Gasteiger partial charge in [-0.2, -0.15) is 0 Å². The molecule has 4 heteroatoms. The second-order valence-electron chi connectivity index (χ2n) is 6.22. The van der Waals surface area contributed by atoms with E-state index >= 15 is 0 Å². The first-order chi connectivity index (χ1) is 10.0. The minimum atomic E-state index is -0.0845. The number of hydrogen-bond acceptors (Lipinski definition) is 2. The van der Waals surface area contributed by atoms with E-state index in [2.05, 4.69) is 24.5 Å². The number of amides is 1. The van der Waals surface area contributed by atoms with Gasteiger partial charge in [-0.1, -0.05) is 38.3 Å². The lowest BCUT2D eigenvalue weighted by Crippen LogP contribution is -2.35. The van der Waals surface area contributed by atoms with Gasteiger partial charge in [0.25, 0.3) is 5.91 Å². The zero-order valence-corrected chi connectivity index (χ0v) is 13.8. The molecule has 2 atom stereocenters. The molecule has 0 aliphatic heterocycles. The fourth-order valence-corrected chi connectivity index (χ4v) is 3.43. The highest BCUT2D eigenvalue weighted by atomic mass is 35.5. The van der Waals surface area contributed by atoms with Crippen LogP contribution in [0.1, 0.15) is 49.9 Å². The number of carbonyl (C=O) groups is 1. The van der Waals surface area contributed by atoms with Gasteiger partial charge < -0.3 is 10.6 Å². The quantitative estimate of drug-likeness (QED) is 0.869. The summed E-state index contributed by atoms with van der Waals surface area (Å²) in [6, 6.07) is 5.85. The van der Waals surface area contributed by atoms with Crippen LogP contribution >= 0.6 is 11.6 Å². The van der Waals surface area contributed by atoms with Crippen molar-refractivity contribution in [1.82, 2.24) is 5.32 Å². The predicted octanol–water partition coefficient (Wildman–Crippen LogP) is 4.33. The molecule has 0 radical (unpaired) electrons. The zero-order chi connectivity index (χ0) is 15.4. The van der Waals surface area contributed by atoms with Crippen LogP contribution in [0.15, 0.2) is 18.2 Å². The van der Waals surface area contributed by atoms with Gasteiger partial charge in [-0.05, 0) is 42.9 Å². The lowest BCUT2D eigenvalue weighted by atomic mass is 9.78. The standard InChI is InChI=1S/C17H25ClN2O/c1-11(2)13-6-4-5-7-15(13)20-16-10-12(17(21)19-3)8-9-14(16)18/h8-11,13,15,20H,4-7H2,1-3H3,(H,19,21). The van der Waals surface area contributed by atoms with Crippen molar-refractivity contribution in [2.75, 3.05) is 12.4 Å². The summed E-state index contributed by atoms with van der Waals surface area (Å²) >= 11 is 6.30. The Morgan fingerprint density at radius 2 is 2.00 bits per heavy atom. The first-order valence-electron chi connectivity index (χ1n) is 7.81. The van der Waals surface area contributed by atoms with Gasteiger partial charge >= 0.3 is 0 Å². The maximum atomic E-state index is 11.8. The summed E-state index contributed by atoms with van der Waals surface area (Å²) in [4.78, 5) is 11.8. The third kappa shape index (κ3) is 3.91. The largest absolute Gasteiger partial charge is 0.381 e. The smallest absolute Gasteiger partial charge is 0.251 e. The van der Waals surface area contributed by atoms with E-state index in [1.807, 2.05) is 6.07 Å². The van der Waals surface area contributed by atoms with E-state index in [4.69, 9.17) is 11.6 Å². The molecular weight excluding hydrogens is 284 g/mol. The van der Waals surface area contributed by atoms with Crippen LogP contribution < -0.4 is 10.6 Å². The van der Waals surface area contributed by atoms with Gasteiger partial charge in [-0.25, -0.2) is 0 Å². The highest BCUT2D eigenvalue weighted by Crippen LogP contribution is 2.34. The number of rotatable bonds is 4. The number of carbonyl (C=O) groups excluding carboxylic acids is 1. The Bertz CT molecular complexity index is 502. The Hall–Kier alpha value is -1.22. The van der Waals surface area contributed by atoms with Crippen LogP contribution in [0.4, 0.5) is 5.69 Å². The summed E-state index contributed by atoms with van der Waals surface area (Å²) in [5, 5.41) is 6.91. The zero-order valence-electron chi connectivity index (χ0n) is 13.1. The average Bonchev–Trinajstić information content (AvgIpc) is 2.49. The monoisotopic (exact) mass is 308 g/mol. The minimum Gasteiger partial charge on any atom is -0.381 e. The Labute approximate surface area is 132 Å². The molecule has 2 N–H and O–H groups in total. The topological polar surface area (TPSA) is 41.1 Å². The van der Waals surface area contributed by atoms with Crippen LogP contribution in [0, 0.1) is 11.8 Å². The van der Waals surface area contributed by atoms with Crippen LogP contribution in [0.25, 0.3) is 0 Å². The second kappa shape index (κ2) is 7.17. The number of halogens is 1. The fourth-order valence-electron chi connectivity index (χ4n) is 3.26. The summed E-state index contributed by atoms with van der Waals surface area (Å²) in [5.41, 5.74) is 1.51. The molecule has 0 bridgehead atoms. The number of nitrogens with one attached hydrogen (secondary N) is 2. The molecule has 1 saturated carbocycles. The van der Waals surface area contributed by atoms with Gasteiger partial charge in [0.1, 0.15) is 0 Å². The van der Waals surface area contributed by atoms with Crippen molar-refractivity contribution in [3.63, 3.8) is 0 Å². The summed E-state index contributed by atoms with van der Waals surface area (Å²) in [6.45, 7) is 4.57. The van der Waals surface area contributed by atoms with Crippen molar-refractivity contribution in [2.45, 2.75) is 45.6 Å². The van der Waals surface area contributed by atoms with Gasteiger partial charge in [-0.15, -0.1) is 0 Å². The van der Waals surface area contributed by atoms with Gasteiger partial charge in [-0.3, -0.25) is 4.79 Å². The van der Waals surface area contributed by atoms with Crippen molar-refractivity contribution in [2.24, 2.45) is 11.8 Å². The van der Waals surface area contributed by atoms with Crippen LogP contribution in [0.3, 0.4) is 0 Å². The Balaban J connectivity index is 2.19. The molecule has 116 valence electrons. The molecule has 0 saturated heterocycles. The Morgan fingerprint density at radius 1 is 1.29 bits per heavy atom. The van der Waals surface area contributed by atoms with Crippen LogP contribution in [0.2, 0.25) is 5.02 Å². The molecule has 3 nitrogen and oxygen atoms in total. The van der Waals surface area contributed by atoms with Crippen molar-refractivity contribution in [3.05, 3.63) is 28.8 Å². The molecule has 1 amide bonds. The van der Waals surface area contributed by atoms with E-state index in [1.165, 1.54) is 25.7 Å². The molecule has 2 rings (SSSR count). The number of anilines is 1.